The van der Waals surface area contributed by atoms with Crippen molar-refractivity contribution in [3.8, 4) is 0 Å². The van der Waals surface area contributed by atoms with Crippen molar-refractivity contribution in [3.63, 3.8) is 0 Å². The average molecular weight is 291 g/mol. The van der Waals surface area contributed by atoms with E-state index in [9.17, 15) is 0 Å². The van der Waals surface area contributed by atoms with Crippen LogP contribution in [0.2, 0.25) is 0 Å². The molecular formula is H4BiLiMnO. The molecule has 0 aromatic heterocycles. The predicted octanol–water partition coefficient (Wildman–Crippen LogP) is -1.95. The Morgan fingerprint density at radius 1 is 1.25 bits per heavy atom. The van der Waals surface area contributed by atoms with E-state index < -0.39 is 0 Å². The van der Waals surface area contributed by atoms with E-state index in [1.54, 1.807) is 15.9 Å². The molecule has 0 saturated carbocycles. The van der Waals surface area contributed by atoms with Gasteiger partial charge in [-0.3, -0.25) is 0 Å². The summed E-state index contributed by atoms with van der Waals surface area (Å²) in [6, 6.07) is 0. The summed E-state index contributed by atoms with van der Waals surface area (Å²) in [5, 5.41) is 0. The quantitative estimate of drug-likeness (QED) is 0.474. The summed E-state index contributed by atoms with van der Waals surface area (Å²) in [6.07, 6.45) is 0. The first kappa shape index (κ1) is 17.0. The van der Waals surface area contributed by atoms with E-state index in [1.165, 1.54) is 0 Å². The van der Waals surface area contributed by atoms with E-state index in [1.807, 2.05) is 0 Å². The molecule has 4 heteroatoms. The SMILES string of the molecule is [BiH3].[LiH].[O]=[Mn]. The standard InChI is InChI=1S/Bi.Li.Mn.O.4H. The normalized spacial score (nSPS) is 1.00. The molecule has 0 aliphatic heterocycles. The molecule has 0 aliphatic carbocycles. The van der Waals surface area contributed by atoms with Gasteiger partial charge < -0.3 is 0 Å². The van der Waals surface area contributed by atoms with Crippen molar-refractivity contribution < 1.29 is 19.8 Å². The molecular weight excluding hydrogens is 287 g/mol. The Balaban J connectivity index is -0.00000000500. The minimum absolute atomic E-state index is 0. The van der Waals surface area contributed by atoms with Crippen LogP contribution in [0.3, 0.4) is 0 Å². The Morgan fingerprint density at radius 2 is 1.25 bits per heavy atom. The molecule has 0 aliphatic rings. The summed E-state index contributed by atoms with van der Waals surface area (Å²) in [4.78, 5) is 0. The molecule has 23 valence electrons. The topological polar surface area (TPSA) is 17.1 Å². The maximum absolute atomic E-state index is 8.06. The van der Waals surface area contributed by atoms with Gasteiger partial charge in [0.15, 0.2) is 0 Å². The molecule has 0 fully saturated rings. The molecule has 0 radical (unpaired) electrons. The van der Waals surface area contributed by atoms with E-state index in [4.69, 9.17) is 3.83 Å². The van der Waals surface area contributed by atoms with Crippen molar-refractivity contribution in [2.24, 2.45) is 0 Å². The average Bonchev–Trinajstić information content (AvgIpc) is 1.00. The van der Waals surface area contributed by atoms with Crippen LogP contribution in [0.15, 0.2) is 0 Å². The van der Waals surface area contributed by atoms with Gasteiger partial charge in [-0.25, -0.2) is 0 Å². The maximum atomic E-state index is 8.06. The van der Waals surface area contributed by atoms with E-state index in [0.717, 1.165) is 0 Å². The monoisotopic (exact) mass is 291 g/mol. The summed E-state index contributed by atoms with van der Waals surface area (Å²) < 4.78 is 8.06. The van der Waals surface area contributed by atoms with Gasteiger partial charge in [0.2, 0.25) is 0 Å². The molecule has 1 nitrogen and oxygen atoms in total. The van der Waals surface area contributed by atoms with Crippen molar-refractivity contribution in [1.29, 1.82) is 0 Å². The first-order chi connectivity index (χ1) is 1.00. The number of rotatable bonds is 0. The number of hydrogen-bond donors (Lipinski definition) is 0. The molecule has 4 heavy (non-hydrogen) atoms. The molecule has 0 spiro atoms. The van der Waals surface area contributed by atoms with Gasteiger partial charge in [-0.2, -0.15) is 0 Å². The second-order valence-corrected chi connectivity index (χ2v) is 0. The molecule has 0 rings (SSSR count). The molecule has 0 unspecified atom stereocenters. The van der Waals surface area contributed by atoms with Gasteiger partial charge in [0.05, 0.1) is 0 Å². The fourth-order valence-corrected chi connectivity index (χ4v) is 0. The van der Waals surface area contributed by atoms with E-state index in [-0.39, 0.29) is 45.1 Å². The summed E-state index contributed by atoms with van der Waals surface area (Å²) in [5.74, 6) is 0. The minimum atomic E-state index is 0. The van der Waals surface area contributed by atoms with Crippen LogP contribution in [0.4, 0.5) is 0 Å². The zero-order valence-electron chi connectivity index (χ0n) is 1.49. The molecule has 0 aromatic carbocycles. The van der Waals surface area contributed by atoms with E-state index in [0.29, 0.717) is 0 Å². The van der Waals surface area contributed by atoms with Gasteiger partial charge >= 0.3 is 64.8 Å². The van der Waals surface area contributed by atoms with Crippen LogP contribution in [0.5, 0.6) is 0 Å². The Bertz CT molecular complexity index is 8.00. The van der Waals surface area contributed by atoms with Crippen molar-refractivity contribution in [2.75, 3.05) is 0 Å². The van der Waals surface area contributed by atoms with Crippen molar-refractivity contribution in [1.82, 2.24) is 0 Å². The molecule has 0 N–H and O–H groups in total. The Labute approximate surface area is 64.2 Å². The van der Waals surface area contributed by atoms with Crippen LogP contribution in [-0.4, -0.2) is 45.1 Å². The van der Waals surface area contributed by atoms with E-state index >= 15 is 0 Å². The number of hydrogen-bond acceptors (Lipinski definition) is 1. The Morgan fingerprint density at radius 3 is 1.25 bits per heavy atom. The third-order valence-electron chi connectivity index (χ3n) is 0. The summed E-state index contributed by atoms with van der Waals surface area (Å²) in [7, 11) is 0. The fourth-order valence-electron chi connectivity index (χ4n) is 0. The third-order valence-corrected chi connectivity index (χ3v) is 0. The van der Waals surface area contributed by atoms with Gasteiger partial charge in [0.25, 0.3) is 0 Å². The van der Waals surface area contributed by atoms with Gasteiger partial charge in [-0.1, -0.05) is 0 Å². The predicted molar refractivity (Wildman–Crippen MR) is 17.8 cm³/mol. The van der Waals surface area contributed by atoms with Crippen LogP contribution < -0.4 is 0 Å². The van der Waals surface area contributed by atoms with Crippen molar-refractivity contribution >= 4 is 45.1 Å². The van der Waals surface area contributed by atoms with Crippen LogP contribution in [-0.2, 0) is 19.8 Å². The zero-order chi connectivity index (χ0) is 2.00. The van der Waals surface area contributed by atoms with Gasteiger partial charge in [0.1, 0.15) is 0 Å². The van der Waals surface area contributed by atoms with Crippen molar-refractivity contribution in [2.45, 2.75) is 0 Å². The van der Waals surface area contributed by atoms with E-state index in [2.05, 4.69) is 0 Å². The van der Waals surface area contributed by atoms with Crippen LogP contribution in [0.1, 0.15) is 0 Å². The molecule has 0 amide bonds. The summed E-state index contributed by atoms with van der Waals surface area (Å²) >= 11 is 1.69. The first-order valence-electron chi connectivity index (χ1n) is 0.154. The fraction of sp³-hybridized carbons (Fsp3) is 0. The van der Waals surface area contributed by atoms with Crippen LogP contribution in [0.25, 0.3) is 0 Å². The molecule has 0 atom stereocenters. The van der Waals surface area contributed by atoms with Crippen LogP contribution in [0, 0.1) is 0 Å². The second-order valence-electron chi connectivity index (χ2n) is 0. The zero-order valence-corrected chi connectivity index (χ0v) is 8.17. The first-order valence-corrected chi connectivity index (χ1v) is 0.636. The van der Waals surface area contributed by atoms with Gasteiger partial charge in [-0.15, -0.1) is 0 Å². The molecule has 0 aromatic rings. The van der Waals surface area contributed by atoms with Crippen LogP contribution >= 0.6 is 0 Å². The Hall–Kier alpha value is 1.80. The molecule has 0 heterocycles. The summed E-state index contributed by atoms with van der Waals surface area (Å²) in [6.45, 7) is 0. The third kappa shape index (κ3) is 9.20. The second kappa shape index (κ2) is 21.4. The van der Waals surface area contributed by atoms with Gasteiger partial charge in [-0.05, 0) is 0 Å². The molecule has 0 saturated heterocycles. The molecule has 0 bridgehead atoms. The van der Waals surface area contributed by atoms with Crippen molar-refractivity contribution in [3.05, 3.63) is 0 Å². The summed E-state index contributed by atoms with van der Waals surface area (Å²) in [5.41, 5.74) is 0. The Kier molecular flexibility index (Phi) is 91.2. The van der Waals surface area contributed by atoms with Gasteiger partial charge in [0, 0.05) is 0 Å².